The van der Waals surface area contributed by atoms with Crippen LogP contribution in [0.2, 0.25) is 5.02 Å². The van der Waals surface area contributed by atoms with Gasteiger partial charge in [0.1, 0.15) is 0 Å². The van der Waals surface area contributed by atoms with Crippen molar-refractivity contribution in [2.45, 2.75) is 45.7 Å². The number of halogens is 1. The lowest BCUT2D eigenvalue weighted by atomic mass is 9.91. The van der Waals surface area contributed by atoms with Crippen LogP contribution in [-0.2, 0) is 6.54 Å². The summed E-state index contributed by atoms with van der Waals surface area (Å²) in [4.78, 5) is 0. The van der Waals surface area contributed by atoms with Crippen molar-refractivity contribution in [1.29, 1.82) is 0 Å². The lowest BCUT2D eigenvalue weighted by Gasteiger charge is -2.26. The number of likely N-dealkylation sites (N-methyl/N-ethyl adjacent to an activating group) is 1. The van der Waals surface area contributed by atoms with Crippen molar-refractivity contribution in [2.24, 2.45) is 0 Å². The van der Waals surface area contributed by atoms with Gasteiger partial charge in [0.05, 0.1) is 23.0 Å². The summed E-state index contributed by atoms with van der Waals surface area (Å²) in [7, 11) is 0. The maximum atomic E-state index is 6.42. The van der Waals surface area contributed by atoms with E-state index in [0.717, 1.165) is 30.2 Å². The highest BCUT2D eigenvalue weighted by Crippen LogP contribution is 2.34. The average molecular weight is 306 g/mol. The van der Waals surface area contributed by atoms with E-state index >= 15 is 0 Å². The lowest BCUT2D eigenvalue weighted by Crippen LogP contribution is -2.28. The average Bonchev–Trinajstić information content (AvgIpc) is 2.86. The Bertz CT molecular complexity index is 550. The molecule has 1 aromatic heterocycles. The van der Waals surface area contributed by atoms with Gasteiger partial charge in [-0.3, -0.25) is 4.68 Å². The molecule has 2 aromatic rings. The maximum Gasteiger partial charge on any atom is 0.0834 e. The molecule has 4 heteroatoms. The molecule has 2 unspecified atom stereocenters. The largest absolute Gasteiger partial charge is 0.308 e. The highest BCUT2D eigenvalue weighted by molar-refractivity contribution is 6.31. The molecule has 114 valence electrons. The van der Waals surface area contributed by atoms with E-state index in [-0.39, 0.29) is 6.04 Å². The summed E-state index contributed by atoms with van der Waals surface area (Å²) in [5.41, 5.74) is 2.40. The molecule has 0 radical (unpaired) electrons. The van der Waals surface area contributed by atoms with Crippen LogP contribution in [0.25, 0.3) is 0 Å². The molecule has 0 aliphatic heterocycles. The summed E-state index contributed by atoms with van der Waals surface area (Å²) in [6.07, 6.45) is 2.80. The summed E-state index contributed by atoms with van der Waals surface area (Å²) in [6.45, 7) is 8.31. The van der Waals surface area contributed by atoms with Crippen LogP contribution >= 0.6 is 11.6 Å². The van der Waals surface area contributed by atoms with Crippen molar-refractivity contribution in [3.05, 3.63) is 52.8 Å². The Labute approximate surface area is 132 Å². The zero-order valence-electron chi connectivity index (χ0n) is 13.0. The number of aryl methyl sites for hydroxylation is 1. The summed E-state index contributed by atoms with van der Waals surface area (Å²) in [5.74, 6) is 0.330. The fourth-order valence-corrected chi connectivity index (χ4v) is 3.01. The molecule has 1 N–H and O–H groups in total. The van der Waals surface area contributed by atoms with Crippen LogP contribution in [0.1, 0.15) is 50.4 Å². The van der Waals surface area contributed by atoms with Crippen LogP contribution in [0.4, 0.5) is 0 Å². The van der Waals surface area contributed by atoms with Gasteiger partial charge in [-0.2, -0.15) is 5.10 Å². The highest BCUT2D eigenvalue weighted by Gasteiger charge is 2.25. The van der Waals surface area contributed by atoms with Crippen molar-refractivity contribution in [2.75, 3.05) is 6.54 Å². The summed E-state index contributed by atoms with van der Waals surface area (Å²) in [6, 6.07) is 10.7. The van der Waals surface area contributed by atoms with E-state index in [4.69, 9.17) is 11.6 Å². The number of aromatic nitrogens is 2. The van der Waals surface area contributed by atoms with E-state index in [2.05, 4.69) is 55.5 Å². The molecule has 21 heavy (non-hydrogen) atoms. The second kappa shape index (κ2) is 7.62. The molecule has 2 rings (SSSR count). The van der Waals surface area contributed by atoms with Crippen molar-refractivity contribution in [3.8, 4) is 0 Å². The molecule has 0 saturated carbocycles. The standard InChI is InChI=1S/C17H24ClN3/c1-4-11-21-17(15(18)12-20-21)16(19-5-2)13(3)14-9-7-6-8-10-14/h6-10,12-13,16,19H,4-5,11H2,1-3H3. The predicted molar refractivity (Wildman–Crippen MR) is 88.8 cm³/mol. The van der Waals surface area contributed by atoms with Crippen LogP contribution < -0.4 is 5.32 Å². The molecule has 0 aliphatic rings. The third kappa shape index (κ3) is 3.66. The molecule has 0 spiro atoms. The van der Waals surface area contributed by atoms with E-state index < -0.39 is 0 Å². The normalized spacial score (nSPS) is 14.1. The first-order valence-electron chi connectivity index (χ1n) is 7.68. The van der Waals surface area contributed by atoms with Crippen molar-refractivity contribution in [3.63, 3.8) is 0 Å². The Morgan fingerprint density at radius 1 is 1.24 bits per heavy atom. The van der Waals surface area contributed by atoms with Gasteiger partial charge in [0, 0.05) is 12.5 Å². The fraction of sp³-hybridized carbons (Fsp3) is 0.471. The van der Waals surface area contributed by atoms with Gasteiger partial charge >= 0.3 is 0 Å². The van der Waals surface area contributed by atoms with Crippen LogP contribution in [0, 0.1) is 0 Å². The molecule has 1 aromatic carbocycles. The Hall–Kier alpha value is -1.32. The number of nitrogens with zero attached hydrogens (tertiary/aromatic N) is 2. The topological polar surface area (TPSA) is 29.9 Å². The minimum absolute atomic E-state index is 0.166. The Morgan fingerprint density at radius 3 is 2.57 bits per heavy atom. The third-order valence-corrected chi connectivity index (χ3v) is 4.10. The van der Waals surface area contributed by atoms with Crippen LogP contribution in [0.5, 0.6) is 0 Å². The second-order valence-electron chi connectivity index (χ2n) is 5.34. The number of benzene rings is 1. The van der Waals surface area contributed by atoms with Gasteiger partial charge in [0.2, 0.25) is 0 Å². The molecule has 3 nitrogen and oxygen atoms in total. The molecular formula is C17H24ClN3. The smallest absolute Gasteiger partial charge is 0.0834 e. The summed E-state index contributed by atoms with van der Waals surface area (Å²) in [5, 5.41) is 8.75. The van der Waals surface area contributed by atoms with E-state index in [0.29, 0.717) is 5.92 Å². The number of hydrogen-bond acceptors (Lipinski definition) is 2. The Balaban J connectivity index is 2.37. The fourth-order valence-electron chi connectivity index (χ4n) is 2.75. The predicted octanol–water partition coefficient (Wildman–Crippen LogP) is 4.40. The maximum absolute atomic E-state index is 6.42. The first kappa shape index (κ1) is 16.1. The summed E-state index contributed by atoms with van der Waals surface area (Å²) < 4.78 is 2.04. The van der Waals surface area contributed by atoms with Gasteiger partial charge in [-0.1, -0.05) is 62.7 Å². The zero-order valence-corrected chi connectivity index (χ0v) is 13.8. The number of rotatable bonds is 7. The van der Waals surface area contributed by atoms with Gasteiger partial charge in [-0.15, -0.1) is 0 Å². The first-order valence-corrected chi connectivity index (χ1v) is 8.06. The van der Waals surface area contributed by atoms with Crippen molar-refractivity contribution >= 4 is 11.6 Å². The van der Waals surface area contributed by atoms with Crippen LogP contribution in [0.3, 0.4) is 0 Å². The second-order valence-corrected chi connectivity index (χ2v) is 5.74. The molecule has 0 amide bonds. The summed E-state index contributed by atoms with van der Waals surface area (Å²) >= 11 is 6.42. The minimum Gasteiger partial charge on any atom is -0.308 e. The molecule has 0 bridgehead atoms. The van der Waals surface area contributed by atoms with Crippen molar-refractivity contribution in [1.82, 2.24) is 15.1 Å². The number of hydrogen-bond donors (Lipinski definition) is 1. The zero-order chi connectivity index (χ0) is 15.2. The minimum atomic E-state index is 0.166. The van der Waals surface area contributed by atoms with Gasteiger partial charge < -0.3 is 5.32 Å². The monoisotopic (exact) mass is 305 g/mol. The first-order chi connectivity index (χ1) is 10.2. The van der Waals surface area contributed by atoms with Gasteiger partial charge in [0.25, 0.3) is 0 Å². The van der Waals surface area contributed by atoms with E-state index in [9.17, 15) is 0 Å². The number of nitrogens with one attached hydrogen (secondary N) is 1. The Morgan fingerprint density at radius 2 is 1.95 bits per heavy atom. The van der Waals surface area contributed by atoms with E-state index in [1.807, 2.05) is 10.7 Å². The van der Waals surface area contributed by atoms with Crippen LogP contribution in [0.15, 0.2) is 36.5 Å². The van der Waals surface area contributed by atoms with Crippen LogP contribution in [-0.4, -0.2) is 16.3 Å². The quantitative estimate of drug-likeness (QED) is 0.821. The van der Waals surface area contributed by atoms with E-state index in [1.165, 1.54) is 5.56 Å². The lowest BCUT2D eigenvalue weighted by molar-refractivity contribution is 0.432. The molecular weight excluding hydrogens is 282 g/mol. The van der Waals surface area contributed by atoms with Crippen molar-refractivity contribution < 1.29 is 0 Å². The molecule has 0 fully saturated rings. The van der Waals surface area contributed by atoms with Gasteiger partial charge in [-0.05, 0) is 18.5 Å². The van der Waals surface area contributed by atoms with Gasteiger partial charge in [-0.25, -0.2) is 0 Å². The molecule has 2 atom stereocenters. The molecule has 0 saturated heterocycles. The SMILES string of the molecule is CCCn1ncc(Cl)c1C(NCC)C(C)c1ccccc1. The highest BCUT2D eigenvalue weighted by atomic mass is 35.5. The molecule has 0 aliphatic carbocycles. The molecule has 1 heterocycles. The third-order valence-electron chi connectivity index (χ3n) is 3.81. The van der Waals surface area contributed by atoms with Gasteiger partial charge in [0.15, 0.2) is 0 Å². The van der Waals surface area contributed by atoms with E-state index in [1.54, 1.807) is 6.20 Å². The Kier molecular flexibility index (Phi) is 5.83.